The lowest BCUT2D eigenvalue weighted by atomic mass is 10.1. The molecule has 5 aromatic rings. The number of amides is 1. The lowest BCUT2D eigenvalue weighted by Crippen LogP contribution is -2.22. The van der Waals surface area contributed by atoms with E-state index in [1.54, 1.807) is 78.9 Å². The fourth-order valence-corrected chi connectivity index (χ4v) is 3.81. The van der Waals surface area contributed by atoms with Crippen LogP contribution in [0.25, 0.3) is 27.9 Å². The zero-order chi connectivity index (χ0) is 23.7. The summed E-state index contributed by atoms with van der Waals surface area (Å²) in [6.45, 7) is 0. The van der Waals surface area contributed by atoms with Crippen molar-refractivity contribution in [2.75, 3.05) is 5.32 Å². The fourth-order valence-electron chi connectivity index (χ4n) is 3.81. The molecular formula is C27H18N2O5. The Kier molecular flexibility index (Phi) is 5.27. The minimum absolute atomic E-state index is 0.0822. The Morgan fingerprint density at radius 2 is 1.44 bits per heavy atom. The van der Waals surface area contributed by atoms with E-state index >= 15 is 0 Å². The second-order valence-electron chi connectivity index (χ2n) is 7.54. The summed E-state index contributed by atoms with van der Waals surface area (Å²) in [5.41, 5.74) is -0.148. The van der Waals surface area contributed by atoms with E-state index in [1.807, 2.05) is 6.07 Å². The highest BCUT2D eigenvalue weighted by Crippen LogP contribution is 2.33. The number of hydrogen-bond donors (Lipinski definition) is 2. The number of fused-ring (bicyclic) bond motifs is 1. The summed E-state index contributed by atoms with van der Waals surface area (Å²) in [4.78, 5) is 38.6. The van der Waals surface area contributed by atoms with Gasteiger partial charge in [-0.1, -0.05) is 48.5 Å². The molecule has 0 fully saturated rings. The molecule has 0 radical (unpaired) electrons. The van der Waals surface area contributed by atoms with Gasteiger partial charge in [-0.3, -0.25) is 14.2 Å². The van der Waals surface area contributed by atoms with Crippen molar-refractivity contribution in [3.8, 4) is 22.8 Å². The molecule has 5 rings (SSSR count). The van der Waals surface area contributed by atoms with Gasteiger partial charge in [0.1, 0.15) is 22.8 Å². The second kappa shape index (κ2) is 8.55. The van der Waals surface area contributed by atoms with Crippen LogP contribution < -0.4 is 16.5 Å². The van der Waals surface area contributed by atoms with E-state index in [-0.39, 0.29) is 22.8 Å². The van der Waals surface area contributed by atoms with Gasteiger partial charge in [-0.2, -0.15) is 0 Å². The van der Waals surface area contributed by atoms with E-state index in [0.717, 1.165) is 0 Å². The molecule has 34 heavy (non-hydrogen) atoms. The molecule has 7 heteroatoms. The van der Waals surface area contributed by atoms with Crippen molar-refractivity contribution in [3.63, 3.8) is 0 Å². The molecule has 0 bridgehead atoms. The maximum absolute atomic E-state index is 13.5. The molecule has 0 saturated heterocycles. The lowest BCUT2D eigenvalue weighted by molar-refractivity contribution is 0.102. The van der Waals surface area contributed by atoms with Crippen LogP contribution in [0.4, 0.5) is 5.69 Å². The fraction of sp³-hybridized carbons (Fsp3) is 0. The van der Waals surface area contributed by atoms with E-state index in [9.17, 15) is 19.5 Å². The topological polar surface area (TPSA) is 102 Å². The number of rotatable bonds is 4. The molecule has 3 aromatic carbocycles. The first-order valence-electron chi connectivity index (χ1n) is 10.5. The highest BCUT2D eigenvalue weighted by atomic mass is 16.4. The minimum Gasteiger partial charge on any atom is -0.506 e. The second-order valence-corrected chi connectivity index (χ2v) is 7.54. The Hall–Kier alpha value is -4.91. The molecule has 2 aromatic heterocycles. The molecule has 2 N–H and O–H groups in total. The van der Waals surface area contributed by atoms with Crippen LogP contribution in [0, 0.1) is 0 Å². The number of para-hydroxylation sites is 2. The van der Waals surface area contributed by atoms with Crippen LogP contribution in [0.2, 0.25) is 0 Å². The first-order valence-corrected chi connectivity index (χ1v) is 10.5. The number of hydrogen-bond acceptors (Lipinski definition) is 5. The van der Waals surface area contributed by atoms with Gasteiger partial charge in [-0.05, 0) is 48.5 Å². The van der Waals surface area contributed by atoms with E-state index in [1.165, 1.54) is 16.7 Å². The van der Waals surface area contributed by atoms with Crippen LogP contribution in [0.15, 0.2) is 111 Å². The summed E-state index contributed by atoms with van der Waals surface area (Å²) in [7, 11) is 0. The van der Waals surface area contributed by atoms with Crippen LogP contribution in [-0.2, 0) is 0 Å². The maximum Gasteiger partial charge on any atom is 0.360 e. The van der Waals surface area contributed by atoms with Crippen molar-refractivity contribution in [1.82, 2.24) is 4.57 Å². The van der Waals surface area contributed by atoms with Gasteiger partial charge in [0.05, 0.1) is 5.52 Å². The summed E-state index contributed by atoms with van der Waals surface area (Å²) >= 11 is 0. The van der Waals surface area contributed by atoms with Gasteiger partial charge >= 0.3 is 5.63 Å². The van der Waals surface area contributed by atoms with E-state index in [0.29, 0.717) is 22.2 Å². The summed E-state index contributed by atoms with van der Waals surface area (Å²) < 4.78 is 6.84. The smallest absolute Gasteiger partial charge is 0.360 e. The van der Waals surface area contributed by atoms with Crippen molar-refractivity contribution in [3.05, 3.63) is 123 Å². The molecule has 7 nitrogen and oxygen atoms in total. The zero-order valence-electron chi connectivity index (χ0n) is 17.8. The summed E-state index contributed by atoms with van der Waals surface area (Å²) in [6.07, 6.45) is 0. The minimum atomic E-state index is -0.847. The van der Waals surface area contributed by atoms with Crippen molar-refractivity contribution in [2.24, 2.45) is 0 Å². The number of carbonyl (C=O) groups excluding carboxylic acids is 1. The third kappa shape index (κ3) is 3.65. The number of pyridine rings is 1. The van der Waals surface area contributed by atoms with Crippen molar-refractivity contribution < 1.29 is 14.3 Å². The van der Waals surface area contributed by atoms with Gasteiger partial charge < -0.3 is 14.8 Å². The number of aromatic nitrogens is 1. The summed E-state index contributed by atoms with van der Waals surface area (Å²) in [6, 6.07) is 27.0. The molecule has 0 unspecified atom stereocenters. The molecule has 1 amide bonds. The number of nitrogens with one attached hydrogen (secondary N) is 1. The molecule has 0 spiro atoms. The van der Waals surface area contributed by atoms with Crippen LogP contribution >= 0.6 is 0 Å². The van der Waals surface area contributed by atoms with Crippen LogP contribution in [-0.4, -0.2) is 15.6 Å². The largest absolute Gasteiger partial charge is 0.506 e. The SMILES string of the molecule is O=C(Nc1ccc(-c2c(O)c3ccccc3n(-c3ccccc3)c2=O)oc1=O)c1ccccc1. The number of carbonyl (C=O) groups is 1. The third-order valence-electron chi connectivity index (χ3n) is 5.42. The predicted molar refractivity (Wildman–Crippen MR) is 130 cm³/mol. The van der Waals surface area contributed by atoms with Gasteiger partial charge in [-0.15, -0.1) is 0 Å². The van der Waals surface area contributed by atoms with Crippen LogP contribution in [0.1, 0.15) is 10.4 Å². The average molecular weight is 450 g/mol. The van der Waals surface area contributed by atoms with Gasteiger partial charge in [0, 0.05) is 16.6 Å². The Morgan fingerprint density at radius 3 is 2.15 bits per heavy atom. The van der Waals surface area contributed by atoms with Gasteiger partial charge in [0.25, 0.3) is 11.5 Å². The third-order valence-corrected chi connectivity index (χ3v) is 5.42. The first-order chi connectivity index (χ1) is 16.5. The molecule has 0 aliphatic carbocycles. The quantitative estimate of drug-likeness (QED) is 0.418. The summed E-state index contributed by atoms with van der Waals surface area (Å²) in [5.74, 6) is -0.877. The van der Waals surface area contributed by atoms with Crippen molar-refractivity contribution in [2.45, 2.75) is 0 Å². The standard InChI is InChI=1S/C27H18N2O5/c30-24-19-13-7-8-14-21(19)29(18-11-5-2-6-12-18)26(32)23(24)22-16-15-20(27(33)34-22)28-25(31)17-9-3-1-4-10-17/h1-16,30H,(H,28,31). The highest BCUT2D eigenvalue weighted by molar-refractivity contribution is 6.04. The van der Waals surface area contributed by atoms with Crippen LogP contribution in [0.5, 0.6) is 5.75 Å². The Bertz CT molecular complexity index is 1640. The number of anilines is 1. The Labute approximate surface area is 193 Å². The van der Waals surface area contributed by atoms with Gasteiger partial charge in [0.2, 0.25) is 0 Å². The zero-order valence-corrected chi connectivity index (χ0v) is 17.8. The summed E-state index contributed by atoms with van der Waals surface area (Å²) in [5, 5.41) is 13.9. The molecule has 166 valence electrons. The Balaban J connectivity index is 1.64. The molecule has 2 heterocycles. The maximum atomic E-state index is 13.5. The molecule has 0 aliphatic heterocycles. The van der Waals surface area contributed by atoms with E-state index < -0.39 is 17.1 Å². The van der Waals surface area contributed by atoms with E-state index in [2.05, 4.69) is 5.32 Å². The predicted octanol–water partition coefficient (Wildman–Crippen LogP) is 4.57. The molecule has 0 saturated carbocycles. The van der Waals surface area contributed by atoms with E-state index in [4.69, 9.17) is 4.42 Å². The highest BCUT2D eigenvalue weighted by Gasteiger charge is 2.21. The monoisotopic (exact) mass is 450 g/mol. The lowest BCUT2D eigenvalue weighted by Gasteiger charge is -2.15. The van der Waals surface area contributed by atoms with Gasteiger partial charge in [-0.25, -0.2) is 4.79 Å². The number of nitrogens with zero attached hydrogens (tertiary/aromatic N) is 1. The number of benzene rings is 3. The first kappa shape index (κ1) is 21.0. The van der Waals surface area contributed by atoms with Crippen molar-refractivity contribution >= 4 is 22.5 Å². The molecule has 0 atom stereocenters. The van der Waals surface area contributed by atoms with Crippen molar-refractivity contribution in [1.29, 1.82) is 0 Å². The molecule has 0 aliphatic rings. The van der Waals surface area contributed by atoms with Crippen LogP contribution in [0.3, 0.4) is 0 Å². The van der Waals surface area contributed by atoms with Gasteiger partial charge in [0.15, 0.2) is 0 Å². The Morgan fingerprint density at radius 1 is 0.794 bits per heavy atom. The normalized spacial score (nSPS) is 10.8. The number of aromatic hydroxyl groups is 1. The average Bonchev–Trinajstić information content (AvgIpc) is 2.87. The molecular weight excluding hydrogens is 432 g/mol.